The molecular formula is C32H58Br2FN5O4S4. The zero-order valence-electron chi connectivity index (χ0n) is 31.7. The second-order valence-electron chi connectivity index (χ2n) is 13.7. The van der Waals surface area contributed by atoms with Gasteiger partial charge >= 0.3 is 5.97 Å². The number of nitrogens with zero attached hydrogens (tertiary/aromatic N) is 1. The Bertz CT molecular complexity index is 1360. The van der Waals surface area contributed by atoms with E-state index in [4.69, 9.17) is 19.2 Å². The smallest absolute Gasteiger partial charge is 0.307 e. The maximum Gasteiger partial charge on any atom is 0.307 e. The molecule has 0 spiro atoms. The van der Waals surface area contributed by atoms with Crippen LogP contribution in [0.2, 0.25) is 0 Å². The van der Waals surface area contributed by atoms with E-state index >= 15 is 0 Å². The fraction of sp³-hybridized carbons (Fsp3) is 0.688. The van der Waals surface area contributed by atoms with Crippen molar-refractivity contribution in [1.82, 2.24) is 9.44 Å². The van der Waals surface area contributed by atoms with Crippen LogP contribution in [0.5, 0.6) is 0 Å². The Morgan fingerprint density at radius 1 is 0.917 bits per heavy atom. The zero-order chi connectivity index (χ0) is 38.1. The van der Waals surface area contributed by atoms with Crippen LogP contribution in [-0.2, 0) is 42.6 Å². The third-order valence-corrected chi connectivity index (χ3v) is 14.3. The summed E-state index contributed by atoms with van der Waals surface area (Å²) in [4.78, 5) is 18.5. The number of rotatable bonds is 12. The van der Waals surface area contributed by atoms with Gasteiger partial charge < -0.3 is 16.2 Å². The van der Waals surface area contributed by atoms with Gasteiger partial charge in [-0.05, 0) is 138 Å². The van der Waals surface area contributed by atoms with Gasteiger partial charge in [0.25, 0.3) is 0 Å². The predicted octanol–water partition coefficient (Wildman–Crippen LogP) is 7.83. The summed E-state index contributed by atoms with van der Waals surface area (Å²) < 4.78 is 47.6. The van der Waals surface area contributed by atoms with Gasteiger partial charge in [0.15, 0.2) is 0 Å². The van der Waals surface area contributed by atoms with E-state index in [1.165, 1.54) is 41.9 Å². The van der Waals surface area contributed by atoms with Crippen LogP contribution in [-0.4, -0.2) is 56.3 Å². The van der Waals surface area contributed by atoms with Crippen molar-refractivity contribution in [3.05, 3.63) is 41.6 Å². The number of halogens is 3. The third-order valence-electron chi connectivity index (χ3n) is 6.87. The number of ether oxygens (including phenoxy) is 1. The van der Waals surface area contributed by atoms with Crippen molar-refractivity contribution < 1.29 is 25.6 Å². The highest BCUT2D eigenvalue weighted by atomic mass is 79.9. The molecule has 48 heavy (non-hydrogen) atoms. The van der Waals surface area contributed by atoms with E-state index in [1.807, 2.05) is 59.9 Å². The molecule has 2 aromatic rings. The minimum absolute atomic E-state index is 0. The number of carbonyl (C=O) groups is 1. The highest BCUT2D eigenvalue weighted by molar-refractivity contribution is 9.10. The molecule has 0 radical (unpaired) electrons. The van der Waals surface area contributed by atoms with Gasteiger partial charge in [0, 0.05) is 51.1 Å². The van der Waals surface area contributed by atoms with Crippen LogP contribution < -0.4 is 20.9 Å². The lowest BCUT2D eigenvalue weighted by atomic mass is 9.91. The monoisotopic (exact) mass is 883 g/mol. The lowest BCUT2D eigenvalue weighted by Gasteiger charge is -2.33. The van der Waals surface area contributed by atoms with Crippen LogP contribution in [0.4, 0.5) is 4.70 Å². The molecule has 2 aromatic heterocycles. The normalized spacial score (nSPS) is 17.2. The van der Waals surface area contributed by atoms with Gasteiger partial charge in [0.1, 0.15) is 0 Å². The molecular weight excluding hydrogens is 825 g/mol. The molecule has 9 nitrogen and oxygen atoms in total. The fourth-order valence-corrected chi connectivity index (χ4v) is 9.07. The summed E-state index contributed by atoms with van der Waals surface area (Å²) in [5.74, 6) is -0.338. The molecule has 0 fully saturated rings. The SMILES string of the molecule is CC(C)(C)S(=O)N[C@@](C)(CC1=NCCCC1)c1cc(Br)cs1.COC(=O)C[C@](C)(NS(=O)C(C)(C)C)c1cc(Br)cs1.F.NCCCN.[2H][2H]. The molecule has 0 aliphatic carbocycles. The van der Waals surface area contributed by atoms with E-state index in [2.05, 4.69) is 64.7 Å². The number of hydrogen-bond donors (Lipinski definition) is 4. The molecule has 0 aromatic carbocycles. The molecule has 3 heterocycles. The first-order valence-electron chi connectivity index (χ1n) is 16.6. The van der Waals surface area contributed by atoms with E-state index in [-0.39, 0.29) is 27.4 Å². The van der Waals surface area contributed by atoms with Crippen LogP contribution >= 0.6 is 54.5 Å². The summed E-state index contributed by atoms with van der Waals surface area (Å²) in [6, 6.07) is 4.06. The number of hydrogen-bond acceptors (Lipinski definition) is 9. The second-order valence-corrected chi connectivity index (χ2v) is 21.2. The zero-order valence-corrected chi connectivity index (χ0v) is 36.1. The topological polar surface area (TPSA) is 149 Å². The minimum atomic E-state index is -1.28. The van der Waals surface area contributed by atoms with E-state index in [9.17, 15) is 13.2 Å². The highest BCUT2D eigenvalue weighted by Crippen LogP contribution is 2.36. The van der Waals surface area contributed by atoms with Gasteiger partial charge in [-0.15, -0.1) is 22.7 Å². The molecule has 0 saturated carbocycles. The Morgan fingerprint density at radius 2 is 1.38 bits per heavy atom. The van der Waals surface area contributed by atoms with Gasteiger partial charge in [-0.25, -0.2) is 17.9 Å². The number of methoxy groups -OCH3 is 1. The molecule has 16 heteroatoms. The predicted molar refractivity (Wildman–Crippen MR) is 216 cm³/mol. The van der Waals surface area contributed by atoms with Crippen molar-refractivity contribution in [2.75, 3.05) is 26.7 Å². The number of carbonyl (C=O) groups excluding carboxylic acids is 1. The first kappa shape index (κ1) is 45.6. The molecule has 6 N–H and O–H groups in total. The molecule has 0 bridgehead atoms. The Morgan fingerprint density at radius 3 is 1.71 bits per heavy atom. The average Bonchev–Trinajstić information content (AvgIpc) is 3.67. The summed E-state index contributed by atoms with van der Waals surface area (Å²) in [7, 11) is -1.04. The maximum atomic E-state index is 12.7. The summed E-state index contributed by atoms with van der Waals surface area (Å²) in [5.41, 5.74) is 10.3. The van der Waals surface area contributed by atoms with Crippen LogP contribution in [0.15, 0.2) is 36.8 Å². The van der Waals surface area contributed by atoms with Crippen molar-refractivity contribution in [1.29, 1.82) is 0 Å². The Kier molecular flexibility index (Phi) is 20.7. The van der Waals surface area contributed by atoms with Gasteiger partial charge in [0.2, 0.25) is 0 Å². The molecule has 1 aliphatic rings. The van der Waals surface area contributed by atoms with E-state index < -0.39 is 32.3 Å². The number of nitrogens with two attached hydrogens (primary N) is 2. The lowest BCUT2D eigenvalue weighted by Crippen LogP contribution is -2.47. The van der Waals surface area contributed by atoms with Gasteiger partial charge in [-0.1, -0.05) is 0 Å². The molecule has 0 amide bonds. The highest BCUT2D eigenvalue weighted by Gasteiger charge is 2.37. The second kappa shape index (κ2) is 21.8. The first-order valence-corrected chi connectivity index (χ1v) is 21.2. The Hall–Kier alpha value is -0.430. The molecule has 280 valence electrons. The number of nitrogens with one attached hydrogen (secondary N) is 2. The van der Waals surface area contributed by atoms with Crippen LogP contribution in [0.1, 0.15) is 107 Å². The summed E-state index contributed by atoms with van der Waals surface area (Å²) >= 11 is 10.1. The average molecular weight is 886 g/mol. The lowest BCUT2D eigenvalue weighted by molar-refractivity contribution is -0.142. The van der Waals surface area contributed by atoms with E-state index in [0.29, 0.717) is 0 Å². The van der Waals surface area contributed by atoms with Gasteiger partial charge in [0.05, 0.1) is 56.1 Å². The minimum Gasteiger partial charge on any atom is -0.469 e. The standard InChI is InChI=1S/C16H25BrN2OS2.C13H20BrNO3S2.C3H10N2.FH.H2/c1-15(2,3)22(20)19-16(4,14-9-12(17)11-21-14)10-13-7-5-6-8-18-13;1-12(2,3)20(17)15-13(4,7-11(16)18-5)10-6-9(14)8-19-10;4-2-1-3-5;;/h9,11,19H,5-8,10H2,1-4H3;6,8,15H,7H2,1-5H3;1-5H2;2*1H/t16-,22?;13-,20?;;;/m00.../s1/i;;;;1+1D. The quantitative estimate of drug-likeness (QED) is 0.160. The summed E-state index contributed by atoms with van der Waals surface area (Å²) in [5, 5.41) is 4.02. The summed E-state index contributed by atoms with van der Waals surface area (Å²) in [6.07, 6.45) is 5.35. The molecule has 0 saturated heterocycles. The molecule has 3 rings (SSSR count). The summed E-state index contributed by atoms with van der Waals surface area (Å²) in [6.45, 7) is 18.0. The van der Waals surface area contributed by atoms with Crippen LogP contribution in [0.3, 0.4) is 0 Å². The van der Waals surface area contributed by atoms with Crippen molar-refractivity contribution in [2.45, 2.75) is 114 Å². The molecule has 2 unspecified atom stereocenters. The van der Waals surface area contributed by atoms with Gasteiger partial charge in [-0.3, -0.25) is 14.5 Å². The van der Waals surface area contributed by atoms with Crippen LogP contribution in [0.25, 0.3) is 0 Å². The number of aliphatic imine (C=N–C) groups is 1. The van der Waals surface area contributed by atoms with Gasteiger partial charge in [-0.2, -0.15) is 0 Å². The van der Waals surface area contributed by atoms with Crippen molar-refractivity contribution in [3.63, 3.8) is 0 Å². The third kappa shape index (κ3) is 16.7. The molecule has 1 aliphatic heterocycles. The number of esters is 1. The van der Waals surface area contributed by atoms with Crippen molar-refractivity contribution in [2.24, 2.45) is 16.5 Å². The van der Waals surface area contributed by atoms with Crippen molar-refractivity contribution >= 4 is 88.2 Å². The fourth-order valence-electron chi connectivity index (χ4n) is 4.06. The Labute approximate surface area is 320 Å². The van der Waals surface area contributed by atoms with E-state index in [0.717, 1.165) is 52.7 Å². The molecule has 4 atom stereocenters. The maximum absolute atomic E-state index is 12.7. The largest absolute Gasteiger partial charge is 0.469 e. The van der Waals surface area contributed by atoms with E-state index in [1.54, 1.807) is 11.3 Å². The number of thiophene rings is 2. The Balaban J connectivity index is 0. The van der Waals surface area contributed by atoms with Crippen molar-refractivity contribution in [3.8, 4) is 0 Å². The van der Waals surface area contributed by atoms with Crippen LogP contribution in [0, 0.1) is 0 Å². The first-order chi connectivity index (χ1) is 22.7.